The molecule has 1 N–H and O–H groups in total. The van der Waals surface area contributed by atoms with Crippen LogP contribution in [-0.4, -0.2) is 24.2 Å². The van der Waals surface area contributed by atoms with Gasteiger partial charge in [-0.15, -0.1) is 0 Å². The minimum Gasteiger partial charge on any atom is -0.507 e. The van der Waals surface area contributed by atoms with E-state index in [4.69, 9.17) is 4.74 Å². The van der Waals surface area contributed by atoms with Gasteiger partial charge in [0.2, 0.25) is 5.90 Å². The molecular weight excluding hydrogens is 234 g/mol. The van der Waals surface area contributed by atoms with Crippen molar-refractivity contribution < 1.29 is 9.84 Å². The molecule has 4 heteroatoms. The summed E-state index contributed by atoms with van der Waals surface area (Å²) < 4.78 is 5.93. The van der Waals surface area contributed by atoms with E-state index in [-0.39, 0.29) is 5.75 Å². The van der Waals surface area contributed by atoms with E-state index in [0.29, 0.717) is 23.5 Å². The fourth-order valence-corrected chi connectivity index (χ4v) is 1.40. The van der Waals surface area contributed by atoms with Gasteiger partial charge < -0.3 is 9.84 Å². The summed E-state index contributed by atoms with van der Waals surface area (Å²) >= 11 is 3.21. The predicted octanol–water partition coefficient (Wildman–Crippen LogP) is 1.93. The van der Waals surface area contributed by atoms with E-state index in [9.17, 15) is 5.11 Å². The Morgan fingerprint density at radius 2 is 2.31 bits per heavy atom. The minimum absolute atomic E-state index is 0.204. The summed E-state index contributed by atoms with van der Waals surface area (Å²) in [4.78, 5) is 4.14. The molecule has 0 aliphatic carbocycles. The number of rotatable bonds is 1. The molecule has 1 aromatic rings. The molecule has 1 aromatic carbocycles. The third-order valence-corrected chi connectivity index (χ3v) is 2.45. The summed E-state index contributed by atoms with van der Waals surface area (Å²) in [6, 6.07) is 5.26. The number of nitrogens with zero attached hydrogens (tertiary/aromatic N) is 1. The molecule has 13 heavy (non-hydrogen) atoms. The molecule has 0 saturated heterocycles. The lowest BCUT2D eigenvalue weighted by Gasteiger charge is -2.02. The number of aromatic hydroxyl groups is 1. The van der Waals surface area contributed by atoms with Crippen LogP contribution in [0.3, 0.4) is 0 Å². The van der Waals surface area contributed by atoms with Crippen LogP contribution in [0, 0.1) is 0 Å². The first-order valence-corrected chi connectivity index (χ1v) is 4.73. The van der Waals surface area contributed by atoms with E-state index in [1.54, 1.807) is 12.1 Å². The molecule has 0 atom stereocenters. The number of ether oxygens (including phenoxy) is 1. The van der Waals surface area contributed by atoms with Crippen LogP contribution in [0.25, 0.3) is 0 Å². The van der Waals surface area contributed by atoms with Gasteiger partial charge in [0.1, 0.15) is 12.4 Å². The predicted molar refractivity (Wildman–Crippen MR) is 53.2 cm³/mol. The summed E-state index contributed by atoms with van der Waals surface area (Å²) in [5, 5.41) is 9.40. The van der Waals surface area contributed by atoms with Gasteiger partial charge in [-0.2, -0.15) is 0 Å². The zero-order chi connectivity index (χ0) is 9.26. The molecule has 3 nitrogen and oxygen atoms in total. The van der Waals surface area contributed by atoms with Gasteiger partial charge in [0.05, 0.1) is 11.0 Å². The number of hydrogen-bond acceptors (Lipinski definition) is 3. The van der Waals surface area contributed by atoms with Crippen LogP contribution in [0.5, 0.6) is 5.75 Å². The standard InChI is InChI=1S/C9H8BrNO2/c10-7-2-1-6(5-8(7)12)9-11-3-4-13-9/h1-2,5,12H,3-4H2. The summed E-state index contributed by atoms with van der Waals surface area (Å²) in [5.74, 6) is 0.818. The SMILES string of the molecule is Oc1cc(C2=NCCO2)ccc1Br. The van der Waals surface area contributed by atoms with Gasteiger partial charge in [0.25, 0.3) is 0 Å². The van der Waals surface area contributed by atoms with Gasteiger partial charge in [0.15, 0.2) is 0 Å². The molecule has 1 aliphatic rings. The Hall–Kier alpha value is -1.03. The maximum absolute atomic E-state index is 9.40. The van der Waals surface area contributed by atoms with E-state index in [0.717, 1.165) is 5.56 Å². The number of phenolic OH excluding ortho intramolecular Hbond substituents is 1. The maximum Gasteiger partial charge on any atom is 0.216 e. The van der Waals surface area contributed by atoms with Crippen LogP contribution in [0.4, 0.5) is 0 Å². The molecule has 1 heterocycles. The first kappa shape index (κ1) is 8.56. The highest BCUT2D eigenvalue weighted by Crippen LogP contribution is 2.25. The molecule has 1 aliphatic heterocycles. The van der Waals surface area contributed by atoms with Gasteiger partial charge in [-0.25, -0.2) is 4.99 Å². The molecule has 0 aromatic heterocycles. The van der Waals surface area contributed by atoms with Gasteiger partial charge >= 0.3 is 0 Å². The molecule has 0 unspecified atom stereocenters. The van der Waals surface area contributed by atoms with Crippen molar-refractivity contribution in [3.05, 3.63) is 28.2 Å². The normalized spacial score (nSPS) is 15.3. The first-order valence-electron chi connectivity index (χ1n) is 3.93. The average Bonchev–Trinajstić information content (AvgIpc) is 2.62. The van der Waals surface area contributed by atoms with Crippen molar-refractivity contribution in [2.45, 2.75) is 0 Å². The molecule has 2 rings (SSSR count). The van der Waals surface area contributed by atoms with Gasteiger partial charge in [-0.05, 0) is 34.1 Å². The Labute approximate surface area is 84.2 Å². The van der Waals surface area contributed by atoms with Gasteiger partial charge in [-0.3, -0.25) is 0 Å². The summed E-state index contributed by atoms with van der Waals surface area (Å²) in [6.45, 7) is 1.33. The number of phenols is 1. The Morgan fingerprint density at radius 1 is 1.46 bits per heavy atom. The lowest BCUT2D eigenvalue weighted by molar-refractivity contribution is 0.348. The molecule has 68 valence electrons. The average molecular weight is 242 g/mol. The molecule has 0 saturated carbocycles. The van der Waals surface area contributed by atoms with E-state index in [2.05, 4.69) is 20.9 Å². The lowest BCUT2D eigenvalue weighted by Crippen LogP contribution is -2.00. The number of halogens is 1. The number of hydrogen-bond donors (Lipinski definition) is 1. The van der Waals surface area contributed by atoms with Crippen LogP contribution in [0.15, 0.2) is 27.7 Å². The number of benzene rings is 1. The Bertz CT molecular complexity index is 363. The fraction of sp³-hybridized carbons (Fsp3) is 0.222. The Morgan fingerprint density at radius 3 is 2.92 bits per heavy atom. The third-order valence-electron chi connectivity index (χ3n) is 1.78. The van der Waals surface area contributed by atoms with Gasteiger partial charge in [-0.1, -0.05) is 0 Å². The van der Waals surface area contributed by atoms with Crippen LogP contribution in [-0.2, 0) is 4.74 Å². The zero-order valence-electron chi connectivity index (χ0n) is 6.83. The topological polar surface area (TPSA) is 41.8 Å². The summed E-state index contributed by atoms with van der Waals surface area (Å²) in [6.07, 6.45) is 0. The van der Waals surface area contributed by atoms with Crippen molar-refractivity contribution in [3.63, 3.8) is 0 Å². The number of aliphatic imine (C=N–C) groups is 1. The molecule has 0 fully saturated rings. The van der Waals surface area contributed by atoms with Crippen LogP contribution in [0.1, 0.15) is 5.56 Å². The lowest BCUT2D eigenvalue weighted by atomic mass is 10.2. The van der Waals surface area contributed by atoms with Crippen molar-refractivity contribution in [2.24, 2.45) is 4.99 Å². The minimum atomic E-state index is 0.204. The van der Waals surface area contributed by atoms with Crippen LogP contribution >= 0.6 is 15.9 Å². The second-order valence-electron chi connectivity index (χ2n) is 2.70. The Kier molecular flexibility index (Phi) is 2.22. The Balaban J connectivity index is 2.36. The fourth-order valence-electron chi connectivity index (χ4n) is 1.16. The summed E-state index contributed by atoms with van der Waals surface area (Å²) in [5.41, 5.74) is 0.818. The van der Waals surface area contributed by atoms with E-state index < -0.39 is 0 Å². The molecular formula is C9H8BrNO2. The highest BCUT2D eigenvalue weighted by molar-refractivity contribution is 9.10. The molecule has 0 amide bonds. The van der Waals surface area contributed by atoms with E-state index in [1.165, 1.54) is 0 Å². The maximum atomic E-state index is 9.40. The van der Waals surface area contributed by atoms with Gasteiger partial charge in [0, 0.05) is 5.56 Å². The third kappa shape index (κ3) is 1.67. The van der Waals surface area contributed by atoms with E-state index in [1.807, 2.05) is 6.07 Å². The zero-order valence-corrected chi connectivity index (χ0v) is 8.41. The van der Waals surface area contributed by atoms with Crippen molar-refractivity contribution >= 4 is 21.8 Å². The smallest absolute Gasteiger partial charge is 0.216 e. The van der Waals surface area contributed by atoms with E-state index >= 15 is 0 Å². The molecule has 0 radical (unpaired) electrons. The van der Waals surface area contributed by atoms with Crippen molar-refractivity contribution in [3.8, 4) is 5.75 Å². The van der Waals surface area contributed by atoms with Crippen molar-refractivity contribution in [2.75, 3.05) is 13.2 Å². The van der Waals surface area contributed by atoms with Crippen LogP contribution < -0.4 is 0 Å². The first-order chi connectivity index (χ1) is 6.27. The molecule has 0 spiro atoms. The van der Waals surface area contributed by atoms with Crippen molar-refractivity contribution in [1.82, 2.24) is 0 Å². The second kappa shape index (κ2) is 3.38. The quantitative estimate of drug-likeness (QED) is 0.817. The monoisotopic (exact) mass is 241 g/mol. The largest absolute Gasteiger partial charge is 0.507 e. The van der Waals surface area contributed by atoms with Crippen molar-refractivity contribution in [1.29, 1.82) is 0 Å². The second-order valence-corrected chi connectivity index (χ2v) is 3.56. The highest BCUT2D eigenvalue weighted by Gasteiger charge is 2.11. The summed E-state index contributed by atoms with van der Waals surface area (Å²) in [7, 11) is 0. The van der Waals surface area contributed by atoms with Crippen LogP contribution in [0.2, 0.25) is 0 Å². The highest BCUT2D eigenvalue weighted by atomic mass is 79.9. The molecule has 0 bridgehead atoms.